The number of allylic oxidation sites excluding steroid dienone is 1. The topological polar surface area (TPSA) is 102 Å². The highest BCUT2D eigenvalue weighted by molar-refractivity contribution is 6.05. The molecule has 3 aromatic carbocycles. The Labute approximate surface area is 203 Å². The summed E-state index contributed by atoms with van der Waals surface area (Å²) in [6, 6.07) is 23.3. The summed E-state index contributed by atoms with van der Waals surface area (Å²) in [5.41, 5.74) is 3.42. The zero-order valence-electron chi connectivity index (χ0n) is 19.1. The number of tetrazole rings is 1. The molecular formula is C27H25N5O3. The van der Waals surface area contributed by atoms with Gasteiger partial charge in [0, 0.05) is 11.1 Å². The molecule has 35 heavy (non-hydrogen) atoms. The van der Waals surface area contributed by atoms with Crippen molar-refractivity contribution in [3.8, 4) is 11.5 Å². The molecule has 8 nitrogen and oxygen atoms in total. The number of para-hydroxylation sites is 1. The Bertz CT molecular complexity index is 1300. The lowest BCUT2D eigenvalue weighted by molar-refractivity contribution is 0.102. The minimum atomic E-state index is -0.230. The number of amides is 1. The number of unbranched alkanes of at least 4 members (excludes halogenated alkanes) is 1. The molecule has 0 unspecified atom stereocenters. The summed E-state index contributed by atoms with van der Waals surface area (Å²) >= 11 is 0. The van der Waals surface area contributed by atoms with Crippen LogP contribution in [0.4, 0.5) is 5.69 Å². The van der Waals surface area contributed by atoms with E-state index >= 15 is 0 Å². The second-order valence-corrected chi connectivity index (χ2v) is 8.17. The molecule has 1 amide bonds. The maximum atomic E-state index is 12.9. The first kappa shape index (κ1) is 22.3. The van der Waals surface area contributed by atoms with Crippen molar-refractivity contribution >= 4 is 17.4 Å². The maximum Gasteiger partial charge on any atom is 0.255 e. The van der Waals surface area contributed by atoms with Gasteiger partial charge < -0.3 is 14.8 Å². The number of carbonyl (C=O) groups excluding carboxylic acids is 1. The summed E-state index contributed by atoms with van der Waals surface area (Å²) in [5.74, 6) is 1.97. The van der Waals surface area contributed by atoms with E-state index < -0.39 is 0 Å². The molecule has 1 aliphatic rings. The number of benzene rings is 3. The van der Waals surface area contributed by atoms with Gasteiger partial charge in [0.05, 0.1) is 12.3 Å². The summed E-state index contributed by atoms with van der Waals surface area (Å²) in [4.78, 5) is 12.9. The average molecular weight is 468 g/mol. The fraction of sp³-hybridized carbons (Fsp3) is 0.185. The molecule has 1 aromatic heterocycles. The predicted molar refractivity (Wildman–Crippen MR) is 132 cm³/mol. The van der Waals surface area contributed by atoms with Crippen LogP contribution in [0.5, 0.6) is 11.5 Å². The van der Waals surface area contributed by atoms with Crippen LogP contribution in [-0.2, 0) is 12.8 Å². The molecule has 0 aliphatic carbocycles. The van der Waals surface area contributed by atoms with E-state index in [2.05, 4.69) is 50.2 Å². The van der Waals surface area contributed by atoms with Gasteiger partial charge in [-0.3, -0.25) is 4.79 Å². The summed E-state index contributed by atoms with van der Waals surface area (Å²) in [7, 11) is 0. The van der Waals surface area contributed by atoms with Gasteiger partial charge in [0.1, 0.15) is 5.75 Å². The molecule has 2 heterocycles. The van der Waals surface area contributed by atoms with Crippen LogP contribution in [0.3, 0.4) is 0 Å². The van der Waals surface area contributed by atoms with E-state index in [1.165, 1.54) is 5.56 Å². The lowest BCUT2D eigenvalue weighted by Crippen LogP contribution is -2.15. The first-order chi connectivity index (χ1) is 17.3. The third-order valence-electron chi connectivity index (χ3n) is 5.72. The van der Waals surface area contributed by atoms with E-state index in [-0.39, 0.29) is 5.91 Å². The van der Waals surface area contributed by atoms with Gasteiger partial charge in [-0.1, -0.05) is 42.5 Å². The minimum Gasteiger partial charge on any atom is -0.494 e. The number of carbonyl (C=O) groups is 1. The van der Waals surface area contributed by atoms with Crippen molar-refractivity contribution in [1.29, 1.82) is 0 Å². The van der Waals surface area contributed by atoms with Gasteiger partial charge in [-0.2, -0.15) is 5.21 Å². The highest BCUT2D eigenvalue weighted by atomic mass is 16.5. The largest absolute Gasteiger partial charge is 0.494 e. The first-order valence-electron chi connectivity index (χ1n) is 11.6. The maximum absolute atomic E-state index is 12.9. The summed E-state index contributed by atoms with van der Waals surface area (Å²) in [6.07, 6.45) is 5.61. The van der Waals surface area contributed by atoms with Crippen LogP contribution in [0.15, 0.2) is 78.9 Å². The van der Waals surface area contributed by atoms with Gasteiger partial charge in [-0.25, -0.2) is 0 Å². The molecule has 0 fully saturated rings. The number of aromatic nitrogens is 4. The van der Waals surface area contributed by atoms with Gasteiger partial charge in [0.15, 0.2) is 11.5 Å². The van der Waals surface area contributed by atoms with Crippen molar-refractivity contribution in [2.24, 2.45) is 0 Å². The summed E-state index contributed by atoms with van der Waals surface area (Å²) < 4.78 is 11.8. The average Bonchev–Trinajstić information content (AvgIpc) is 3.45. The van der Waals surface area contributed by atoms with Crippen molar-refractivity contribution in [3.05, 3.63) is 101 Å². The molecular weight excluding hydrogens is 442 g/mol. The zero-order chi connectivity index (χ0) is 23.9. The standard InChI is InChI=1S/C27H25N5O3/c33-27(21-12-15-22(16-13-21)34-18-5-4-9-19-7-2-1-3-8-19)28-23-11-6-10-20-14-17-24(35-25(20)23)26-29-31-32-30-26/h1-3,6-8,10-13,15-17H,4-5,9,14,18H2,(H,28,33)(H,29,30,31,32). The molecule has 0 atom stereocenters. The molecule has 1 aliphatic heterocycles. The molecule has 0 saturated carbocycles. The molecule has 0 radical (unpaired) electrons. The number of nitrogens with one attached hydrogen (secondary N) is 2. The lowest BCUT2D eigenvalue weighted by Gasteiger charge is -2.20. The van der Waals surface area contributed by atoms with E-state index in [1.54, 1.807) is 12.1 Å². The Morgan fingerprint density at radius 2 is 1.86 bits per heavy atom. The Balaban J connectivity index is 1.15. The molecule has 2 N–H and O–H groups in total. The van der Waals surface area contributed by atoms with Gasteiger partial charge in [0.2, 0.25) is 5.82 Å². The molecule has 4 aromatic rings. The lowest BCUT2D eigenvalue weighted by atomic mass is 10.1. The second kappa shape index (κ2) is 10.6. The van der Waals surface area contributed by atoms with Crippen LogP contribution in [-0.4, -0.2) is 33.1 Å². The fourth-order valence-corrected chi connectivity index (χ4v) is 3.88. The Kier molecular flexibility index (Phi) is 6.79. The van der Waals surface area contributed by atoms with Crippen molar-refractivity contribution in [2.75, 3.05) is 11.9 Å². The summed E-state index contributed by atoms with van der Waals surface area (Å²) in [6.45, 7) is 0.641. The fourth-order valence-electron chi connectivity index (χ4n) is 3.88. The van der Waals surface area contributed by atoms with Crippen molar-refractivity contribution < 1.29 is 14.3 Å². The Morgan fingerprint density at radius 1 is 1.00 bits per heavy atom. The van der Waals surface area contributed by atoms with Gasteiger partial charge in [0.25, 0.3) is 5.91 Å². The number of hydrogen-bond acceptors (Lipinski definition) is 6. The molecule has 0 saturated heterocycles. The molecule has 0 spiro atoms. The smallest absolute Gasteiger partial charge is 0.255 e. The van der Waals surface area contributed by atoms with Crippen LogP contribution in [0, 0.1) is 0 Å². The number of ether oxygens (including phenoxy) is 2. The third kappa shape index (κ3) is 5.55. The number of aromatic amines is 1. The molecule has 5 rings (SSSR count). The van der Waals surface area contributed by atoms with Gasteiger partial charge in [-0.15, -0.1) is 10.2 Å². The van der Waals surface area contributed by atoms with Crippen LogP contribution < -0.4 is 14.8 Å². The van der Waals surface area contributed by atoms with Gasteiger partial charge in [-0.05, 0) is 72.9 Å². The van der Waals surface area contributed by atoms with E-state index in [9.17, 15) is 4.79 Å². The van der Waals surface area contributed by atoms with E-state index in [0.717, 1.165) is 30.6 Å². The number of hydrogen-bond donors (Lipinski definition) is 2. The number of nitrogens with zero attached hydrogens (tertiary/aromatic N) is 3. The molecule has 176 valence electrons. The predicted octanol–water partition coefficient (Wildman–Crippen LogP) is 4.83. The van der Waals surface area contributed by atoms with E-state index in [1.807, 2.05) is 42.5 Å². The van der Waals surface area contributed by atoms with E-state index in [4.69, 9.17) is 9.47 Å². The third-order valence-corrected chi connectivity index (χ3v) is 5.72. The van der Waals surface area contributed by atoms with Crippen LogP contribution in [0.2, 0.25) is 0 Å². The van der Waals surface area contributed by atoms with Crippen molar-refractivity contribution in [3.63, 3.8) is 0 Å². The number of H-pyrrole nitrogens is 1. The highest BCUT2D eigenvalue weighted by Crippen LogP contribution is 2.36. The normalized spacial score (nSPS) is 12.3. The van der Waals surface area contributed by atoms with Gasteiger partial charge >= 0.3 is 0 Å². The number of aryl methyl sites for hydroxylation is 1. The minimum absolute atomic E-state index is 0.230. The SMILES string of the molecule is O=C(Nc1cccc2c1OC(c1nn[nH]n1)=CC2)c1ccc(OCCCCc2ccccc2)cc1. The summed E-state index contributed by atoms with van der Waals surface area (Å²) in [5, 5.41) is 16.9. The first-order valence-corrected chi connectivity index (χ1v) is 11.6. The zero-order valence-corrected chi connectivity index (χ0v) is 19.1. The van der Waals surface area contributed by atoms with Crippen LogP contribution in [0.25, 0.3) is 5.76 Å². The van der Waals surface area contributed by atoms with Crippen molar-refractivity contribution in [2.45, 2.75) is 25.7 Å². The second-order valence-electron chi connectivity index (χ2n) is 8.17. The van der Waals surface area contributed by atoms with Crippen LogP contribution in [0.1, 0.15) is 40.2 Å². The highest BCUT2D eigenvalue weighted by Gasteiger charge is 2.21. The quantitative estimate of drug-likeness (QED) is 0.342. The molecule has 8 heteroatoms. The number of rotatable bonds is 9. The monoisotopic (exact) mass is 467 g/mol. The molecule has 0 bridgehead atoms. The number of anilines is 1. The van der Waals surface area contributed by atoms with Crippen molar-refractivity contribution in [1.82, 2.24) is 20.6 Å². The Morgan fingerprint density at radius 3 is 2.66 bits per heavy atom. The Hall–Kier alpha value is -4.46. The van der Waals surface area contributed by atoms with Crippen LogP contribution >= 0.6 is 0 Å². The number of fused-ring (bicyclic) bond motifs is 1. The van der Waals surface area contributed by atoms with E-state index in [0.29, 0.717) is 41.6 Å².